The Hall–Kier alpha value is -1.95. The fourth-order valence-electron chi connectivity index (χ4n) is 2.07. The van der Waals surface area contributed by atoms with Crippen molar-refractivity contribution in [2.45, 2.75) is 19.1 Å². The van der Waals surface area contributed by atoms with Gasteiger partial charge in [-0.2, -0.15) is 13.2 Å². The summed E-state index contributed by atoms with van der Waals surface area (Å²) in [5.41, 5.74) is 0.842. The number of alkyl halides is 3. The summed E-state index contributed by atoms with van der Waals surface area (Å²) in [6, 6.07) is 3.88. The molecule has 0 bridgehead atoms. The number of nitrogens with zero attached hydrogens (tertiary/aromatic N) is 2. The van der Waals surface area contributed by atoms with Gasteiger partial charge in [0.1, 0.15) is 0 Å². The van der Waals surface area contributed by atoms with E-state index in [-0.39, 0.29) is 5.56 Å². The molecule has 0 spiro atoms. The molecule has 0 fully saturated rings. The molecule has 1 unspecified atom stereocenters. The molecule has 0 aromatic carbocycles. The molecule has 1 atom stereocenters. The van der Waals surface area contributed by atoms with E-state index in [4.69, 9.17) is 0 Å². The van der Waals surface area contributed by atoms with Crippen molar-refractivity contribution in [1.82, 2.24) is 15.3 Å². The van der Waals surface area contributed by atoms with Gasteiger partial charge in [-0.1, -0.05) is 0 Å². The van der Waals surface area contributed by atoms with Gasteiger partial charge in [0, 0.05) is 24.2 Å². The van der Waals surface area contributed by atoms with Gasteiger partial charge >= 0.3 is 6.18 Å². The minimum absolute atomic E-state index is 0.0700. The van der Waals surface area contributed by atoms with Crippen LogP contribution in [0.4, 0.5) is 13.2 Å². The molecule has 0 saturated heterocycles. The van der Waals surface area contributed by atoms with E-state index < -0.39 is 17.8 Å². The van der Waals surface area contributed by atoms with Crippen LogP contribution in [0.3, 0.4) is 0 Å². The third kappa shape index (κ3) is 2.96. The third-order valence-electron chi connectivity index (χ3n) is 2.99. The maximum absolute atomic E-state index is 13.1. The highest BCUT2D eigenvalue weighted by atomic mass is 19.4. The van der Waals surface area contributed by atoms with E-state index in [1.54, 1.807) is 25.4 Å². The van der Waals surface area contributed by atoms with Gasteiger partial charge < -0.3 is 5.32 Å². The molecule has 6 heteroatoms. The van der Waals surface area contributed by atoms with Gasteiger partial charge in [-0.25, -0.2) is 0 Å². The van der Waals surface area contributed by atoms with Crippen LogP contribution in [0.25, 0.3) is 0 Å². The molecule has 0 saturated carbocycles. The van der Waals surface area contributed by atoms with Crippen molar-refractivity contribution in [2.24, 2.45) is 0 Å². The summed E-state index contributed by atoms with van der Waals surface area (Å²) in [5.74, 6) is 0. The van der Waals surface area contributed by atoms with Gasteiger partial charge in [0.05, 0.1) is 17.3 Å². The van der Waals surface area contributed by atoms with Crippen LogP contribution in [0, 0.1) is 6.92 Å². The van der Waals surface area contributed by atoms with Gasteiger partial charge in [-0.15, -0.1) is 0 Å². The zero-order valence-electron chi connectivity index (χ0n) is 11.1. The number of aromatic nitrogens is 2. The summed E-state index contributed by atoms with van der Waals surface area (Å²) in [6.07, 6.45) is -0.466. The maximum Gasteiger partial charge on any atom is 0.416 e. The van der Waals surface area contributed by atoms with Crippen LogP contribution in [0.1, 0.15) is 28.4 Å². The SMILES string of the molecule is CNC(c1cc(C)ccn1)c1cnccc1C(F)(F)F. The van der Waals surface area contributed by atoms with Crippen molar-refractivity contribution in [3.63, 3.8) is 0 Å². The van der Waals surface area contributed by atoms with E-state index in [1.165, 1.54) is 6.20 Å². The van der Waals surface area contributed by atoms with Crippen LogP contribution in [0.2, 0.25) is 0 Å². The monoisotopic (exact) mass is 281 g/mol. The molecule has 2 heterocycles. The predicted molar refractivity (Wildman–Crippen MR) is 69.1 cm³/mol. The molecule has 106 valence electrons. The van der Waals surface area contributed by atoms with Gasteiger partial charge in [0.15, 0.2) is 0 Å². The Morgan fingerprint density at radius 3 is 2.55 bits per heavy atom. The molecular weight excluding hydrogens is 267 g/mol. The van der Waals surface area contributed by atoms with E-state index in [0.717, 1.165) is 17.8 Å². The largest absolute Gasteiger partial charge is 0.416 e. The van der Waals surface area contributed by atoms with Crippen molar-refractivity contribution >= 4 is 0 Å². The maximum atomic E-state index is 13.1. The van der Waals surface area contributed by atoms with Gasteiger partial charge in [-0.05, 0) is 37.7 Å². The molecule has 0 radical (unpaired) electrons. The first-order chi connectivity index (χ1) is 9.43. The highest BCUT2D eigenvalue weighted by Gasteiger charge is 2.35. The van der Waals surface area contributed by atoms with E-state index in [2.05, 4.69) is 15.3 Å². The molecule has 20 heavy (non-hydrogen) atoms. The van der Waals surface area contributed by atoms with Crippen LogP contribution in [-0.2, 0) is 6.18 Å². The summed E-state index contributed by atoms with van der Waals surface area (Å²) in [4.78, 5) is 7.96. The Morgan fingerprint density at radius 2 is 1.95 bits per heavy atom. The fourth-order valence-corrected chi connectivity index (χ4v) is 2.07. The highest BCUT2D eigenvalue weighted by molar-refractivity contribution is 5.35. The molecular formula is C14H14F3N3. The Labute approximate surface area is 114 Å². The normalized spacial score (nSPS) is 13.2. The Bertz CT molecular complexity index is 596. The van der Waals surface area contributed by atoms with Gasteiger partial charge in [-0.3, -0.25) is 9.97 Å². The van der Waals surface area contributed by atoms with Crippen LogP contribution < -0.4 is 5.32 Å². The quantitative estimate of drug-likeness (QED) is 0.939. The summed E-state index contributed by atoms with van der Waals surface area (Å²) in [6.45, 7) is 1.87. The number of halogens is 3. The van der Waals surface area contributed by atoms with E-state index in [9.17, 15) is 13.2 Å². The van der Waals surface area contributed by atoms with Crippen molar-refractivity contribution in [1.29, 1.82) is 0 Å². The zero-order valence-corrected chi connectivity index (χ0v) is 11.1. The predicted octanol–water partition coefficient (Wildman–Crippen LogP) is 3.11. The molecule has 2 rings (SSSR count). The zero-order chi connectivity index (χ0) is 14.8. The van der Waals surface area contributed by atoms with Crippen molar-refractivity contribution in [3.05, 3.63) is 59.2 Å². The second kappa shape index (κ2) is 5.58. The Kier molecular flexibility index (Phi) is 4.04. The summed E-state index contributed by atoms with van der Waals surface area (Å²) in [5, 5.41) is 2.87. The molecule has 2 aromatic rings. The lowest BCUT2D eigenvalue weighted by atomic mass is 9.99. The second-order valence-corrected chi connectivity index (χ2v) is 4.44. The van der Waals surface area contributed by atoms with E-state index >= 15 is 0 Å². The molecule has 0 aliphatic heterocycles. The second-order valence-electron chi connectivity index (χ2n) is 4.44. The first-order valence-electron chi connectivity index (χ1n) is 6.04. The number of rotatable bonds is 3. The lowest BCUT2D eigenvalue weighted by Crippen LogP contribution is -2.23. The van der Waals surface area contributed by atoms with E-state index in [0.29, 0.717) is 5.69 Å². The number of pyridine rings is 2. The third-order valence-corrected chi connectivity index (χ3v) is 2.99. The molecule has 0 amide bonds. The van der Waals surface area contributed by atoms with Gasteiger partial charge in [0.25, 0.3) is 0 Å². The van der Waals surface area contributed by atoms with Crippen LogP contribution in [0.5, 0.6) is 0 Å². The van der Waals surface area contributed by atoms with Crippen LogP contribution in [-0.4, -0.2) is 17.0 Å². The molecule has 0 aliphatic carbocycles. The van der Waals surface area contributed by atoms with Crippen molar-refractivity contribution < 1.29 is 13.2 Å². The summed E-state index contributed by atoms with van der Waals surface area (Å²) in [7, 11) is 1.60. The molecule has 0 aliphatic rings. The smallest absolute Gasteiger partial charge is 0.308 e. The van der Waals surface area contributed by atoms with Crippen molar-refractivity contribution in [3.8, 4) is 0 Å². The minimum Gasteiger partial charge on any atom is -0.308 e. The van der Waals surface area contributed by atoms with Crippen LogP contribution >= 0.6 is 0 Å². The Balaban J connectivity index is 2.53. The average molecular weight is 281 g/mol. The molecule has 2 aromatic heterocycles. The summed E-state index contributed by atoms with van der Waals surface area (Å²) >= 11 is 0. The number of aryl methyl sites for hydroxylation is 1. The standard InChI is InChI=1S/C14H14F3N3/c1-9-3-6-20-12(7-9)13(18-2)10-8-19-5-4-11(10)14(15,16)17/h3-8,13,18H,1-2H3. The topological polar surface area (TPSA) is 37.8 Å². The van der Waals surface area contributed by atoms with Crippen LogP contribution in [0.15, 0.2) is 36.8 Å². The Morgan fingerprint density at radius 1 is 1.20 bits per heavy atom. The minimum atomic E-state index is -4.42. The van der Waals surface area contributed by atoms with E-state index in [1.807, 2.05) is 6.92 Å². The lowest BCUT2D eigenvalue weighted by molar-refractivity contribution is -0.138. The first-order valence-corrected chi connectivity index (χ1v) is 6.04. The highest BCUT2D eigenvalue weighted by Crippen LogP contribution is 2.35. The molecule has 3 nitrogen and oxygen atoms in total. The fraction of sp³-hybridized carbons (Fsp3) is 0.286. The summed E-state index contributed by atoms with van der Waals surface area (Å²) < 4.78 is 39.2. The first kappa shape index (κ1) is 14.5. The number of hydrogen-bond acceptors (Lipinski definition) is 3. The van der Waals surface area contributed by atoms with Crippen molar-refractivity contribution in [2.75, 3.05) is 7.05 Å². The average Bonchev–Trinajstić information content (AvgIpc) is 2.39. The number of nitrogens with one attached hydrogen (secondary N) is 1. The molecule has 1 N–H and O–H groups in total. The van der Waals surface area contributed by atoms with Gasteiger partial charge in [0.2, 0.25) is 0 Å². The number of hydrogen-bond donors (Lipinski definition) is 1. The lowest BCUT2D eigenvalue weighted by Gasteiger charge is -2.20.